The Balaban J connectivity index is 0.00000480. The SMILES string of the molecule is CCNC(=NCc1cccc(C(=O)NCCN(C)C)c1)N(C)Cc1cccc(F)c1.I. The van der Waals surface area contributed by atoms with E-state index >= 15 is 0 Å². The van der Waals surface area contributed by atoms with Gasteiger partial charge in [0.1, 0.15) is 5.82 Å². The largest absolute Gasteiger partial charge is 0.357 e. The van der Waals surface area contributed by atoms with E-state index in [1.165, 1.54) is 12.1 Å². The first-order chi connectivity index (χ1) is 14.4. The summed E-state index contributed by atoms with van der Waals surface area (Å²) in [6.07, 6.45) is 0. The molecule has 0 heterocycles. The molecule has 0 unspecified atom stereocenters. The van der Waals surface area contributed by atoms with E-state index in [9.17, 15) is 9.18 Å². The highest BCUT2D eigenvalue weighted by Crippen LogP contribution is 2.09. The van der Waals surface area contributed by atoms with Crippen molar-refractivity contribution < 1.29 is 9.18 Å². The Labute approximate surface area is 201 Å². The van der Waals surface area contributed by atoms with Crippen molar-refractivity contribution in [2.75, 3.05) is 40.8 Å². The zero-order valence-electron chi connectivity index (χ0n) is 18.7. The van der Waals surface area contributed by atoms with Gasteiger partial charge in [-0.1, -0.05) is 24.3 Å². The summed E-state index contributed by atoms with van der Waals surface area (Å²) >= 11 is 0. The number of hydrogen-bond donors (Lipinski definition) is 2. The molecule has 2 aromatic rings. The summed E-state index contributed by atoms with van der Waals surface area (Å²) in [4.78, 5) is 21.0. The third kappa shape index (κ3) is 9.65. The maximum absolute atomic E-state index is 13.5. The highest BCUT2D eigenvalue weighted by molar-refractivity contribution is 14.0. The molecule has 0 atom stereocenters. The number of likely N-dealkylation sites (N-methyl/N-ethyl adjacent to an activating group) is 1. The molecule has 0 spiro atoms. The monoisotopic (exact) mass is 541 g/mol. The van der Waals surface area contributed by atoms with Crippen LogP contribution in [0.5, 0.6) is 0 Å². The third-order valence-electron chi connectivity index (χ3n) is 4.45. The van der Waals surface area contributed by atoms with Crippen LogP contribution in [0.2, 0.25) is 0 Å². The summed E-state index contributed by atoms with van der Waals surface area (Å²) in [7, 11) is 5.86. The highest BCUT2D eigenvalue weighted by Gasteiger charge is 2.09. The van der Waals surface area contributed by atoms with Crippen molar-refractivity contribution in [1.82, 2.24) is 20.4 Å². The Morgan fingerprint density at radius 3 is 2.42 bits per heavy atom. The Kier molecular flexibility index (Phi) is 12.1. The number of aliphatic imine (C=N–C) groups is 1. The Hall–Kier alpha value is -2.20. The molecule has 0 saturated heterocycles. The van der Waals surface area contributed by atoms with Gasteiger partial charge in [-0.3, -0.25) is 4.79 Å². The molecule has 1 amide bonds. The van der Waals surface area contributed by atoms with Crippen LogP contribution in [0.3, 0.4) is 0 Å². The second-order valence-corrected chi connectivity index (χ2v) is 7.42. The van der Waals surface area contributed by atoms with E-state index in [-0.39, 0.29) is 35.7 Å². The average molecular weight is 541 g/mol. The third-order valence-corrected chi connectivity index (χ3v) is 4.45. The number of nitrogens with zero attached hydrogens (tertiary/aromatic N) is 3. The van der Waals surface area contributed by atoms with Crippen LogP contribution < -0.4 is 10.6 Å². The van der Waals surface area contributed by atoms with Crippen LogP contribution in [0, 0.1) is 5.82 Å². The molecule has 0 fully saturated rings. The molecule has 0 aliphatic heterocycles. The van der Waals surface area contributed by atoms with Gasteiger partial charge in [-0.15, -0.1) is 24.0 Å². The second-order valence-electron chi connectivity index (χ2n) is 7.42. The van der Waals surface area contributed by atoms with E-state index in [1.54, 1.807) is 12.1 Å². The highest BCUT2D eigenvalue weighted by atomic mass is 127. The van der Waals surface area contributed by atoms with Gasteiger partial charge in [0.2, 0.25) is 0 Å². The van der Waals surface area contributed by atoms with Gasteiger partial charge in [-0.05, 0) is 56.4 Å². The first-order valence-electron chi connectivity index (χ1n) is 10.1. The standard InChI is InChI=1S/C23H32FN5O.HI/c1-5-25-23(29(4)17-19-9-7-11-21(24)15-19)27-16-18-8-6-10-20(14-18)22(30)26-12-13-28(2)3;/h6-11,14-15H,5,12-13,16-17H2,1-4H3,(H,25,27)(H,26,30);1H. The minimum absolute atomic E-state index is 0. The molecule has 0 radical (unpaired) electrons. The van der Waals surface area contributed by atoms with Crippen molar-refractivity contribution >= 4 is 35.8 Å². The van der Waals surface area contributed by atoms with Crippen LogP contribution >= 0.6 is 24.0 Å². The van der Waals surface area contributed by atoms with Crippen molar-refractivity contribution in [2.24, 2.45) is 4.99 Å². The summed E-state index contributed by atoms with van der Waals surface area (Å²) in [5, 5.41) is 6.19. The van der Waals surface area contributed by atoms with Crippen molar-refractivity contribution in [3.63, 3.8) is 0 Å². The number of rotatable bonds is 9. The quantitative estimate of drug-likeness (QED) is 0.291. The predicted molar refractivity (Wildman–Crippen MR) is 135 cm³/mol. The number of amides is 1. The van der Waals surface area contributed by atoms with E-state index in [0.717, 1.165) is 30.2 Å². The van der Waals surface area contributed by atoms with Gasteiger partial charge in [-0.25, -0.2) is 9.38 Å². The summed E-state index contributed by atoms with van der Waals surface area (Å²) in [6.45, 7) is 5.10. The first kappa shape index (κ1) is 26.8. The fraction of sp³-hybridized carbons (Fsp3) is 0.391. The molecule has 0 saturated carbocycles. The van der Waals surface area contributed by atoms with Crippen LogP contribution in [0.25, 0.3) is 0 Å². The number of carbonyl (C=O) groups excluding carboxylic acids is 1. The minimum Gasteiger partial charge on any atom is -0.357 e. The van der Waals surface area contributed by atoms with E-state index in [1.807, 2.05) is 62.1 Å². The zero-order chi connectivity index (χ0) is 21.9. The van der Waals surface area contributed by atoms with Crippen LogP contribution in [0.1, 0.15) is 28.4 Å². The minimum atomic E-state index is -0.247. The topological polar surface area (TPSA) is 60.0 Å². The number of carbonyl (C=O) groups is 1. The maximum Gasteiger partial charge on any atom is 0.251 e. The average Bonchev–Trinajstić information content (AvgIpc) is 2.71. The molecular weight excluding hydrogens is 508 g/mol. The van der Waals surface area contributed by atoms with Crippen LogP contribution in [-0.2, 0) is 13.1 Å². The van der Waals surface area contributed by atoms with Crippen LogP contribution in [-0.4, -0.2) is 62.4 Å². The Morgan fingerprint density at radius 2 is 1.74 bits per heavy atom. The lowest BCUT2D eigenvalue weighted by molar-refractivity contribution is 0.0951. The van der Waals surface area contributed by atoms with Gasteiger partial charge in [0.25, 0.3) is 5.91 Å². The first-order valence-corrected chi connectivity index (χ1v) is 10.1. The molecule has 6 nitrogen and oxygen atoms in total. The fourth-order valence-electron chi connectivity index (χ4n) is 2.93. The molecule has 0 bridgehead atoms. The Bertz CT molecular complexity index is 859. The molecule has 170 valence electrons. The van der Waals surface area contributed by atoms with Crippen molar-refractivity contribution in [3.8, 4) is 0 Å². The molecule has 0 aliphatic rings. The number of benzene rings is 2. The lowest BCUT2D eigenvalue weighted by Gasteiger charge is -2.22. The molecule has 8 heteroatoms. The molecule has 2 rings (SSSR count). The number of guanidine groups is 1. The van der Waals surface area contributed by atoms with Gasteiger partial charge < -0.3 is 20.4 Å². The predicted octanol–water partition coefficient (Wildman–Crippen LogP) is 3.33. The fourth-order valence-corrected chi connectivity index (χ4v) is 2.93. The van der Waals surface area contributed by atoms with E-state index in [4.69, 9.17) is 0 Å². The second kappa shape index (κ2) is 14.0. The smallest absolute Gasteiger partial charge is 0.251 e. The summed E-state index contributed by atoms with van der Waals surface area (Å²) < 4.78 is 13.5. The van der Waals surface area contributed by atoms with E-state index in [2.05, 4.69) is 15.6 Å². The van der Waals surface area contributed by atoms with E-state index < -0.39 is 0 Å². The molecule has 0 aliphatic carbocycles. The summed E-state index contributed by atoms with van der Waals surface area (Å²) in [6, 6.07) is 14.1. The maximum atomic E-state index is 13.5. The van der Waals surface area contributed by atoms with Crippen LogP contribution in [0.15, 0.2) is 53.5 Å². The molecular formula is C23H33FIN5O. The molecule has 2 N–H and O–H groups in total. The van der Waals surface area contributed by atoms with Crippen LogP contribution in [0.4, 0.5) is 4.39 Å². The summed E-state index contributed by atoms with van der Waals surface area (Å²) in [5.74, 6) is 0.393. The Morgan fingerprint density at radius 1 is 1.03 bits per heavy atom. The lowest BCUT2D eigenvalue weighted by Crippen LogP contribution is -2.38. The zero-order valence-corrected chi connectivity index (χ0v) is 21.0. The number of nitrogens with one attached hydrogen (secondary N) is 2. The number of halogens is 2. The molecule has 31 heavy (non-hydrogen) atoms. The van der Waals surface area contributed by atoms with Gasteiger partial charge in [0, 0.05) is 38.8 Å². The lowest BCUT2D eigenvalue weighted by atomic mass is 10.1. The van der Waals surface area contributed by atoms with Gasteiger partial charge in [-0.2, -0.15) is 0 Å². The molecule has 2 aromatic carbocycles. The van der Waals surface area contributed by atoms with Crippen molar-refractivity contribution in [2.45, 2.75) is 20.0 Å². The molecule has 0 aromatic heterocycles. The van der Waals surface area contributed by atoms with Gasteiger partial charge >= 0.3 is 0 Å². The van der Waals surface area contributed by atoms with Crippen molar-refractivity contribution in [3.05, 3.63) is 71.0 Å². The normalized spacial score (nSPS) is 11.1. The van der Waals surface area contributed by atoms with Gasteiger partial charge in [0.15, 0.2) is 5.96 Å². The van der Waals surface area contributed by atoms with E-state index in [0.29, 0.717) is 25.2 Å². The summed E-state index contributed by atoms with van der Waals surface area (Å²) in [5.41, 5.74) is 2.45. The van der Waals surface area contributed by atoms with Gasteiger partial charge in [0.05, 0.1) is 6.54 Å². The van der Waals surface area contributed by atoms with Crippen molar-refractivity contribution in [1.29, 1.82) is 0 Å². The number of hydrogen-bond acceptors (Lipinski definition) is 3.